The molecule has 0 fully saturated rings. The van der Waals surface area contributed by atoms with E-state index in [1.54, 1.807) is 7.11 Å². The highest BCUT2D eigenvalue weighted by Gasteiger charge is 2.12. The van der Waals surface area contributed by atoms with Crippen molar-refractivity contribution in [1.29, 1.82) is 0 Å². The summed E-state index contributed by atoms with van der Waals surface area (Å²) in [7, 11) is 1.68. The van der Waals surface area contributed by atoms with Gasteiger partial charge in [-0.2, -0.15) is 0 Å². The second-order valence-electron chi connectivity index (χ2n) is 5.47. The van der Waals surface area contributed by atoms with Crippen LogP contribution in [0.4, 0.5) is 0 Å². The Labute approximate surface area is 131 Å². The zero-order valence-electron chi connectivity index (χ0n) is 13.0. The predicted molar refractivity (Wildman–Crippen MR) is 91.5 cm³/mol. The average Bonchev–Trinajstić information content (AvgIpc) is 2.57. The van der Waals surface area contributed by atoms with E-state index >= 15 is 0 Å². The molecule has 0 aromatic heterocycles. The molecule has 3 rings (SSSR count). The Balaban J connectivity index is 2.33. The van der Waals surface area contributed by atoms with Crippen LogP contribution in [0.1, 0.15) is 11.1 Å². The molecule has 0 aliphatic carbocycles. The molecule has 0 saturated carbocycles. The first-order valence-electron chi connectivity index (χ1n) is 7.51. The van der Waals surface area contributed by atoms with Gasteiger partial charge in [0.25, 0.3) is 0 Å². The maximum Gasteiger partial charge on any atom is 0.119 e. The smallest absolute Gasteiger partial charge is 0.119 e. The minimum absolute atomic E-state index is 0.151. The monoisotopic (exact) mass is 292 g/mol. The second-order valence-corrected chi connectivity index (χ2v) is 5.47. The van der Waals surface area contributed by atoms with Crippen LogP contribution in [-0.4, -0.2) is 18.8 Å². The van der Waals surface area contributed by atoms with Gasteiger partial charge >= 0.3 is 0 Å². The summed E-state index contributed by atoms with van der Waals surface area (Å²) in [5.74, 6) is 0.844. The summed E-state index contributed by atoms with van der Waals surface area (Å²) in [5.41, 5.74) is 4.82. The summed E-state index contributed by atoms with van der Waals surface area (Å²) in [6, 6.07) is 18.8. The Kier molecular flexibility index (Phi) is 4.12. The lowest BCUT2D eigenvalue weighted by atomic mass is 9.90. The van der Waals surface area contributed by atoms with E-state index in [-0.39, 0.29) is 6.61 Å². The van der Waals surface area contributed by atoms with Gasteiger partial charge in [-0.05, 0) is 58.5 Å². The van der Waals surface area contributed by atoms with Crippen LogP contribution in [0.5, 0.6) is 5.75 Å². The number of methoxy groups -OCH3 is 1. The van der Waals surface area contributed by atoms with Crippen LogP contribution in [0.25, 0.3) is 21.9 Å². The zero-order chi connectivity index (χ0) is 15.5. The van der Waals surface area contributed by atoms with E-state index in [0.29, 0.717) is 6.42 Å². The van der Waals surface area contributed by atoms with Crippen molar-refractivity contribution >= 4 is 10.8 Å². The Morgan fingerprint density at radius 1 is 0.955 bits per heavy atom. The molecule has 112 valence electrons. The molecule has 0 aliphatic rings. The number of aliphatic hydroxyl groups excluding tert-OH is 1. The average molecular weight is 292 g/mol. The molecule has 0 heterocycles. The molecular formula is C20H20O2. The van der Waals surface area contributed by atoms with E-state index in [1.165, 1.54) is 27.6 Å². The number of rotatable bonds is 4. The van der Waals surface area contributed by atoms with Gasteiger partial charge in [0, 0.05) is 6.61 Å². The Hall–Kier alpha value is -2.32. The minimum atomic E-state index is 0.151. The molecule has 0 bridgehead atoms. The highest BCUT2D eigenvalue weighted by Crippen LogP contribution is 2.35. The first kappa shape index (κ1) is 14.6. The van der Waals surface area contributed by atoms with Crippen molar-refractivity contribution in [2.45, 2.75) is 13.3 Å². The van der Waals surface area contributed by atoms with E-state index in [1.807, 2.05) is 12.1 Å². The molecule has 0 amide bonds. The second kappa shape index (κ2) is 6.20. The van der Waals surface area contributed by atoms with Gasteiger partial charge in [-0.1, -0.05) is 42.5 Å². The topological polar surface area (TPSA) is 29.5 Å². The quantitative estimate of drug-likeness (QED) is 0.774. The summed E-state index contributed by atoms with van der Waals surface area (Å²) in [4.78, 5) is 0. The van der Waals surface area contributed by atoms with Crippen molar-refractivity contribution in [2.24, 2.45) is 0 Å². The van der Waals surface area contributed by atoms with Gasteiger partial charge in [0.2, 0.25) is 0 Å². The Bertz CT molecular complexity index is 792. The maximum absolute atomic E-state index is 9.39. The minimum Gasteiger partial charge on any atom is -0.497 e. The summed E-state index contributed by atoms with van der Waals surface area (Å²) in [5, 5.41) is 11.7. The molecule has 3 aromatic carbocycles. The van der Waals surface area contributed by atoms with Crippen LogP contribution in [0.15, 0.2) is 54.6 Å². The molecule has 0 radical (unpaired) electrons. The van der Waals surface area contributed by atoms with Crippen LogP contribution >= 0.6 is 0 Å². The zero-order valence-corrected chi connectivity index (χ0v) is 13.0. The third-order valence-electron chi connectivity index (χ3n) is 4.13. The lowest BCUT2D eigenvalue weighted by Crippen LogP contribution is -1.98. The van der Waals surface area contributed by atoms with Crippen molar-refractivity contribution in [2.75, 3.05) is 13.7 Å². The molecule has 0 saturated heterocycles. The highest BCUT2D eigenvalue weighted by molar-refractivity contribution is 6.00. The highest BCUT2D eigenvalue weighted by atomic mass is 16.5. The van der Waals surface area contributed by atoms with E-state index < -0.39 is 0 Å². The third kappa shape index (κ3) is 2.58. The first-order valence-corrected chi connectivity index (χ1v) is 7.51. The van der Waals surface area contributed by atoms with Gasteiger partial charge < -0.3 is 9.84 Å². The van der Waals surface area contributed by atoms with Crippen LogP contribution in [-0.2, 0) is 6.42 Å². The Morgan fingerprint density at radius 3 is 2.41 bits per heavy atom. The molecule has 3 aromatic rings. The van der Waals surface area contributed by atoms with Gasteiger partial charge in [0.15, 0.2) is 0 Å². The van der Waals surface area contributed by atoms with Gasteiger partial charge in [-0.3, -0.25) is 0 Å². The number of hydrogen-bond donors (Lipinski definition) is 1. The molecular weight excluding hydrogens is 272 g/mol. The lowest BCUT2D eigenvalue weighted by Gasteiger charge is -2.15. The van der Waals surface area contributed by atoms with E-state index in [2.05, 4.69) is 49.4 Å². The summed E-state index contributed by atoms with van der Waals surface area (Å²) >= 11 is 0. The standard InChI is InChI=1S/C20H20O2/c1-14-12-19(15-6-4-3-5-7-15)18-9-8-16(22-2)13-20(18)17(14)10-11-21/h3-9,12-13,21H,10-11H2,1-2H3. The fraction of sp³-hybridized carbons (Fsp3) is 0.200. The van der Waals surface area contributed by atoms with Crippen LogP contribution in [0.2, 0.25) is 0 Å². The summed E-state index contributed by atoms with van der Waals surface area (Å²) in [6.45, 7) is 2.26. The number of fused-ring (bicyclic) bond motifs is 1. The molecule has 2 heteroatoms. The number of hydrogen-bond acceptors (Lipinski definition) is 2. The summed E-state index contributed by atoms with van der Waals surface area (Å²) in [6.07, 6.45) is 0.657. The molecule has 0 spiro atoms. The van der Waals surface area contributed by atoms with Gasteiger partial charge in [0.1, 0.15) is 5.75 Å². The lowest BCUT2D eigenvalue weighted by molar-refractivity contribution is 0.300. The number of ether oxygens (including phenoxy) is 1. The molecule has 1 N–H and O–H groups in total. The van der Waals surface area contributed by atoms with Crippen molar-refractivity contribution in [3.8, 4) is 16.9 Å². The number of aryl methyl sites for hydroxylation is 1. The summed E-state index contributed by atoms with van der Waals surface area (Å²) < 4.78 is 5.38. The van der Waals surface area contributed by atoms with Crippen molar-refractivity contribution < 1.29 is 9.84 Å². The predicted octanol–water partition coefficient (Wildman–Crippen LogP) is 4.36. The molecule has 0 unspecified atom stereocenters. The molecule has 22 heavy (non-hydrogen) atoms. The fourth-order valence-corrected chi connectivity index (χ4v) is 3.03. The van der Waals surface area contributed by atoms with Crippen molar-refractivity contribution in [3.63, 3.8) is 0 Å². The maximum atomic E-state index is 9.39. The van der Waals surface area contributed by atoms with E-state index in [0.717, 1.165) is 11.1 Å². The van der Waals surface area contributed by atoms with Crippen molar-refractivity contribution in [3.05, 3.63) is 65.7 Å². The Morgan fingerprint density at radius 2 is 1.73 bits per heavy atom. The van der Waals surface area contributed by atoms with Crippen LogP contribution < -0.4 is 4.74 Å². The SMILES string of the molecule is COc1ccc2c(-c3ccccc3)cc(C)c(CCO)c2c1. The fourth-order valence-electron chi connectivity index (χ4n) is 3.03. The number of aliphatic hydroxyl groups is 1. The normalized spacial score (nSPS) is 10.9. The van der Waals surface area contributed by atoms with Gasteiger partial charge in [-0.15, -0.1) is 0 Å². The third-order valence-corrected chi connectivity index (χ3v) is 4.13. The largest absolute Gasteiger partial charge is 0.497 e. The van der Waals surface area contributed by atoms with Gasteiger partial charge in [0.05, 0.1) is 7.11 Å². The van der Waals surface area contributed by atoms with Crippen LogP contribution in [0.3, 0.4) is 0 Å². The van der Waals surface area contributed by atoms with E-state index in [4.69, 9.17) is 4.74 Å². The molecule has 0 atom stereocenters. The van der Waals surface area contributed by atoms with Gasteiger partial charge in [-0.25, -0.2) is 0 Å². The van der Waals surface area contributed by atoms with E-state index in [9.17, 15) is 5.11 Å². The number of benzene rings is 3. The van der Waals surface area contributed by atoms with Crippen LogP contribution in [0, 0.1) is 6.92 Å². The molecule has 0 aliphatic heterocycles. The van der Waals surface area contributed by atoms with Crippen molar-refractivity contribution in [1.82, 2.24) is 0 Å². The first-order chi connectivity index (χ1) is 10.7. The molecule has 2 nitrogen and oxygen atoms in total.